The predicted octanol–water partition coefficient (Wildman–Crippen LogP) is 4.60. The topological polar surface area (TPSA) is 52.0 Å². The van der Waals surface area contributed by atoms with Gasteiger partial charge >= 0.3 is 0 Å². The monoisotopic (exact) mass is 352 g/mol. The van der Waals surface area contributed by atoms with Gasteiger partial charge in [-0.2, -0.15) is 0 Å². The number of rotatable bonds is 3. The standard InChI is InChI=1S/C14H10BrFN2OS/c15-10-5-8(1-3-11(10)16)7-20-14-18-12-4-2-9(17)6-13(12)19-14/h1-6H,7,17H2. The minimum atomic E-state index is -0.268. The van der Waals surface area contributed by atoms with Crippen LogP contribution in [0.3, 0.4) is 0 Å². The lowest BCUT2D eigenvalue weighted by Gasteiger charge is -2.00. The van der Waals surface area contributed by atoms with Crippen LogP contribution in [0.1, 0.15) is 5.56 Å². The molecule has 2 N–H and O–H groups in total. The molecule has 0 atom stereocenters. The third kappa shape index (κ3) is 2.81. The minimum Gasteiger partial charge on any atom is -0.431 e. The van der Waals surface area contributed by atoms with E-state index in [4.69, 9.17) is 10.2 Å². The van der Waals surface area contributed by atoms with E-state index in [0.29, 0.717) is 26.7 Å². The normalized spacial score (nSPS) is 11.1. The fourth-order valence-electron chi connectivity index (χ4n) is 1.76. The van der Waals surface area contributed by atoms with Crippen LogP contribution in [0.25, 0.3) is 11.1 Å². The second-order valence-corrected chi connectivity index (χ2v) is 6.02. The lowest BCUT2D eigenvalue weighted by molar-refractivity contribution is 0.489. The summed E-state index contributed by atoms with van der Waals surface area (Å²) in [6.07, 6.45) is 0. The Kier molecular flexibility index (Phi) is 3.67. The number of thioether (sulfide) groups is 1. The van der Waals surface area contributed by atoms with Crippen LogP contribution in [0.5, 0.6) is 0 Å². The van der Waals surface area contributed by atoms with E-state index >= 15 is 0 Å². The summed E-state index contributed by atoms with van der Waals surface area (Å²) < 4.78 is 19.2. The first-order chi connectivity index (χ1) is 9.61. The highest BCUT2D eigenvalue weighted by Crippen LogP contribution is 2.28. The van der Waals surface area contributed by atoms with Gasteiger partial charge in [-0.25, -0.2) is 9.37 Å². The summed E-state index contributed by atoms with van der Waals surface area (Å²) in [6.45, 7) is 0. The SMILES string of the molecule is Nc1ccc2nc(SCc3ccc(F)c(Br)c3)oc2c1. The van der Waals surface area contributed by atoms with Crippen LogP contribution in [0.15, 0.2) is 50.5 Å². The number of nitrogen functional groups attached to an aromatic ring is 1. The summed E-state index contributed by atoms with van der Waals surface area (Å²) >= 11 is 4.63. The highest BCUT2D eigenvalue weighted by Gasteiger charge is 2.08. The zero-order valence-corrected chi connectivity index (χ0v) is 12.7. The molecule has 0 saturated carbocycles. The van der Waals surface area contributed by atoms with Crippen molar-refractivity contribution >= 4 is 44.5 Å². The Balaban J connectivity index is 1.77. The second-order valence-electron chi connectivity index (χ2n) is 4.24. The Morgan fingerprint density at radius 2 is 2.10 bits per heavy atom. The number of hydrogen-bond donors (Lipinski definition) is 1. The number of oxazole rings is 1. The average molecular weight is 353 g/mol. The van der Waals surface area contributed by atoms with Gasteiger partial charge in [0.2, 0.25) is 0 Å². The van der Waals surface area contributed by atoms with E-state index < -0.39 is 0 Å². The molecule has 0 bridgehead atoms. The molecule has 1 heterocycles. The molecule has 0 aliphatic heterocycles. The molecule has 0 fully saturated rings. The van der Waals surface area contributed by atoms with E-state index in [-0.39, 0.29) is 5.82 Å². The molecule has 0 saturated heterocycles. The molecule has 0 spiro atoms. The van der Waals surface area contributed by atoms with Crippen molar-refractivity contribution in [1.29, 1.82) is 0 Å². The molecule has 0 amide bonds. The van der Waals surface area contributed by atoms with Crippen molar-refractivity contribution in [3.63, 3.8) is 0 Å². The molecule has 3 rings (SSSR count). The smallest absolute Gasteiger partial charge is 0.257 e. The molecule has 102 valence electrons. The lowest BCUT2D eigenvalue weighted by Crippen LogP contribution is -1.84. The van der Waals surface area contributed by atoms with Crippen molar-refractivity contribution in [2.75, 3.05) is 5.73 Å². The van der Waals surface area contributed by atoms with E-state index in [1.165, 1.54) is 17.8 Å². The van der Waals surface area contributed by atoms with E-state index in [9.17, 15) is 4.39 Å². The molecule has 6 heteroatoms. The van der Waals surface area contributed by atoms with Gasteiger partial charge in [0.25, 0.3) is 5.22 Å². The van der Waals surface area contributed by atoms with Gasteiger partial charge in [0.05, 0.1) is 4.47 Å². The van der Waals surface area contributed by atoms with E-state index in [1.807, 2.05) is 6.07 Å². The zero-order valence-electron chi connectivity index (χ0n) is 10.3. The molecule has 0 aliphatic carbocycles. The molecule has 20 heavy (non-hydrogen) atoms. The van der Waals surface area contributed by atoms with Gasteiger partial charge in [0, 0.05) is 17.5 Å². The summed E-state index contributed by atoms with van der Waals surface area (Å²) in [5.41, 5.74) is 8.78. The van der Waals surface area contributed by atoms with Crippen molar-refractivity contribution in [2.24, 2.45) is 0 Å². The number of anilines is 1. The van der Waals surface area contributed by atoms with Crippen LogP contribution in [-0.2, 0) is 5.75 Å². The molecule has 3 aromatic rings. The lowest BCUT2D eigenvalue weighted by atomic mass is 10.2. The van der Waals surface area contributed by atoms with Crippen molar-refractivity contribution in [3.05, 3.63) is 52.3 Å². The van der Waals surface area contributed by atoms with Crippen molar-refractivity contribution < 1.29 is 8.81 Å². The van der Waals surface area contributed by atoms with Crippen LogP contribution in [0, 0.1) is 5.82 Å². The van der Waals surface area contributed by atoms with Crippen molar-refractivity contribution in [2.45, 2.75) is 11.0 Å². The maximum atomic E-state index is 13.1. The molecule has 3 nitrogen and oxygen atoms in total. The number of nitrogens with zero attached hydrogens (tertiary/aromatic N) is 1. The van der Waals surface area contributed by atoms with E-state index in [2.05, 4.69) is 20.9 Å². The van der Waals surface area contributed by atoms with Crippen molar-refractivity contribution in [1.82, 2.24) is 4.98 Å². The quantitative estimate of drug-likeness (QED) is 0.552. The summed E-state index contributed by atoms with van der Waals surface area (Å²) in [7, 11) is 0. The van der Waals surface area contributed by atoms with E-state index in [0.717, 1.165) is 11.1 Å². The van der Waals surface area contributed by atoms with Gasteiger partial charge in [-0.15, -0.1) is 0 Å². The first-order valence-electron chi connectivity index (χ1n) is 5.84. The van der Waals surface area contributed by atoms with Crippen molar-refractivity contribution in [3.8, 4) is 0 Å². The number of halogens is 2. The summed E-state index contributed by atoms with van der Waals surface area (Å²) in [6, 6.07) is 10.3. The van der Waals surface area contributed by atoms with Crippen LogP contribution in [0.2, 0.25) is 0 Å². The first kappa shape index (κ1) is 13.5. The number of fused-ring (bicyclic) bond motifs is 1. The van der Waals surface area contributed by atoms with Gasteiger partial charge in [-0.05, 0) is 45.8 Å². The van der Waals surface area contributed by atoms with Gasteiger partial charge in [-0.3, -0.25) is 0 Å². The minimum absolute atomic E-state index is 0.268. The summed E-state index contributed by atoms with van der Waals surface area (Å²) in [5.74, 6) is 0.386. The van der Waals surface area contributed by atoms with E-state index in [1.54, 1.807) is 24.3 Å². The van der Waals surface area contributed by atoms with Crippen LogP contribution < -0.4 is 5.73 Å². The number of hydrogen-bond acceptors (Lipinski definition) is 4. The molecular weight excluding hydrogens is 343 g/mol. The number of aromatic nitrogens is 1. The van der Waals surface area contributed by atoms with Gasteiger partial charge in [-0.1, -0.05) is 17.8 Å². The van der Waals surface area contributed by atoms with Crippen LogP contribution in [0.4, 0.5) is 10.1 Å². The van der Waals surface area contributed by atoms with Crippen LogP contribution >= 0.6 is 27.7 Å². The Morgan fingerprint density at radius 1 is 1.25 bits per heavy atom. The maximum Gasteiger partial charge on any atom is 0.257 e. The molecule has 1 aromatic heterocycles. The Bertz CT molecular complexity index is 775. The predicted molar refractivity (Wildman–Crippen MR) is 82.1 cm³/mol. The molecule has 0 aliphatic rings. The fraction of sp³-hybridized carbons (Fsp3) is 0.0714. The summed E-state index contributed by atoms with van der Waals surface area (Å²) in [5, 5.41) is 0.575. The molecule has 2 aromatic carbocycles. The average Bonchev–Trinajstić information content (AvgIpc) is 2.82. The van der Waals surface area contributed by atoms with Gasteiger partial charge in [0.1, 0.15) is 11.3 Å². The highest BCUT2D eigenvalue weighted by atomic mass is 79.9. The first-order valence-corrected chi connectivity index (χ1v) is 7.62. The number of benzene rings is 2. The molecule has 0 unspecified atom stereocenters. The van der Waals surface area contributed by atoms with Gasteiger partial charge in [0.15, 0.2) is 5.58 Å². The summed E-state index contributed by atoms with van der Waals surface area (Å²) in [4.78, 5) is 4.36. The van der Waals surface area contributed by atoms with Gasteiger partial charge < -0.3 is 10.2 Å². The maximum absolute atomic E-state index is 13.1. The largest absolute Gasteiger partial charge is 0.431 e. The molecule has 0 radical (unpaired) electrons. The Labute approximate surface area is 127 Å². The zero-order chi connectivity index (χ0) is 14.1. The molecular formula is C14H10BrFN2OS. The highest BCUT2D eigenvalue weighted by molar-refractivity contribution is 9.10. The fourth-order valence-corrected chi connectivity index (χ4v) is 2.96. The third-order valence-corrected chi connectivity index (χ3v) is 4.25. The Morgan fingerprint density at radius 3 is 2.90 bits per heavy atom. The third-order valence-electron chi connectivity index (χ3n) is 2.74. The van der Waals surface area contributed by atoms with Crippen LogP contribution in [-0.4, -0.2) is 4.98 Å². The Hall–Kier alpha value is -1.53. The number of nitrogens with two attached hydrogens (primary N) is 1. The second kappa shape index (κ2) is 5.46.